The second kappa shape index (κ2) is 6.65. The Balaban J connectivity index is 1.99. The number of rotatable bonds is 4. The van der Waals surface area contributed by atoms with Gasteiger partial charge in [-0.25, -0.2) is 8.42 Å². The van der Waals surface area contributed by atoms with Crippen molar-refractivity contribution in [1.29, 1.82) is 0 Å². The van der Waals surface area contributed by atoms with Crippen molar-refractivity contribution in [3.05, 3.63) is 60.2 Å². The standard InChI is InChI=1S/C18H20N2O3S/c1-19(24(22,23)15-9-3-2-4-10-15)17-12-6-5-11-16(17)18(21)20-13-7-8-14-20/h2-6,9-12H,7-8,13-14H2,1H3. The highest BCUT2D eigenvalue weighted by Gasteiger charge is 2.27. The summed E-state index contributed by atoms with van der Waals surface area (Å²) in [4.78, 5) is 14.7. The van der Waals surface area contributed by atoms with Gasteiger partial charge in [-0.05, 0) is 37.1 Å². The fraction of sp³-hybridized carbons (Fsp3) is 0.278. The van der Waals surface area contributed by atoms with Crippen LogP contribution < -0.4 is 4.31 Å². The van der Waals surface area contributed by atoms with E-state index >= 15 is 0 Å². The zero-order valence-electron chi connectivity index (χ0n) is 13.6. The summed E-state index contributed by atoms with van der Waals surface area (Å²) in [6.07, 6.45) is 1.98. The van der Waals surface area contributed by atoms with Crippen LogP contribution in [0.5, 0.6) is 0 Å². The van der Waals surface area contributed by atoms with Crippen molar-refractivity contribution in [3.8, 4) is 0 Å². The van der Waals surface area contributed by atoms with Gasteiger partial charge in [0, 0.05) is 20.1 Å². The molecule has 3 rings (SSSR count). The second-order valence-electron chi connectivity index (χ2n) is 5.80. The molecule has 2 aromatic rings. The van der Waals surface area contributed by atoms with Crippen LogP contribution in [0.15, 0.2) is 59.5 Å². The van der Waals surface area contributed by atoms with Gasteiger partial charge in [0.1, 0.15) is 0 Å². The lowest BCUT2D eigenvalue weighted by Crippen LogP contribution is -2.32. The Kier molecular flexibility index (Phi) is 4.57. The normalized spacial score (nSPS) is 14.6. The average molecular weight is 344 g/mol. The summed E-state index contributed by atoms with van der Waals surface area (Å²) in [5, 5.41) is 0. The van der Waals surface area contributed by atoms with Gasteiger partial charge < -0.3 is 4.90 Å². The van der Waals surface area contributed by atoms with Crippen molar-refractivity contribution in [2.45, 2.75) is 17.7 Å². The number of anilines is 1. The molecule has 0 saturated carbocycles. The van der Waals surface area contributed by atoms with Crippen LogP contribution in [0.4, 0.5) is 5.69 Å². The van der Waals surface area contributed by atoms with Crippen molar-refractivity contribution in [2.75, 3.05) is 24.4 Å². The van der Waals surface area contributed by atoms with Gasteiger partial charge in [0.05, 0.1) is 16.1 Å². The van der Waals surface area contributed by atoms with Crippen LogP contribution >= 0.6 is 0 Å². The zero-order valence-corrected chi connectivity index (χ0v) is 14.4. The zero-order chi connectivity index (χ0) is 17.2. The lowest BCUT2D eigenvalue weighted by Gasteiger charge is -2.24. The maximum absolute atomic E-state index is 12.8. The minimum Gasteiger partial charge on any atom is -0.339 e. The Hall–Kier alpha value is -2.34. The molecule has 5 nitrogen and oxygen atoms in total. The highest BCUT2D eigenvalue weighted by Crippen LogP contribution is 2.27. The van der Waals surface area contributed by atoms with E-state index in [9.17, 15) is 13.2 Å². The van der Waals surface area contributed by atoms with Crippen molar-refractivity contribution < 1.29 is 13.2 Å². The Morgan fingerprint density at radius 2 is 1.54 bits per heavy atom. The van der Waals surface area contributed by atoms with Gasteiger partial charge in [-0.1, -0.05) is 30.3 Å². The second-order valence-corrected chi connectivity index (χ2v) is 7.77. The molecule has 0 aliphatic carbocycles. The fourth-order valence-corrected chi connectivity index (χ4v) is 4.14. The molecule has 0 aromatic heterocycles. The SMILES string of the molecule is CN(c1ccccc1C(=O)N1CCCC1)S(=O)(=O)c1ccccc1. The van der Waals surface area contributed by atoms with E-state index in [0.29, 0.717) is 11.3 Å². The van der Waals surface area contributed by atoms with E-state index in [-0.39, 0.29) is 10.8 Å². The van der Waals surface area contributed by atoms with Crippen LogP contribution in [0.3, 0.4) is 0 Å². The summed E-state index contributed by atoms with van der Waals surface area (Å²) in [6, 6.07) is 15.1. The van der Waals surface area contributed by atoms with Crippen molar-refractivity contribution in [2.24, 2.45) is 0 Å². The highest BCUT2D eigenvalue weighted by atomic mass is 32.2. The minimum atomic E-state index is -3.71. The lowest BCUT2D eigenvalue weighted by atomic mass is 10.1. The first-order valence-corrected chi connectivity index (χ1v) is 9.38. The summed E-state index contributed by atoms with van der Waals surface area (Å²) in [6.45, 7) is 1.45. The van der Waals surface area contributed by atoms with Crippen molar-refractivity contribution in [1.82, 2.24) is 4.90 Å². The number of hydrogen-bond donors (Lipinski definition) is 0. The van der Waals surface area contributed by atoms with Crippen LogP contribution in [0.2, 0.25) is 0 Å². The Morgan fingerprint density at radius 3 is 2.21 bits per heavy atom. The minimum absolute atomic E-state index is 0.113. The van der Waals surface area contributed by atoms with Crippen LogP contribution in [0.25, 0.3) is 0 Å². The molecular weight excluding hydrogens is 324 g/mol. The van der Waals surface area contributed by atoms with E-state index in [1.165, 1.54) is 11.4 Å². The fourth-order valence-electron chi connectivity index (χ4n) is 2.90. The monoisotopic (exact) mass is 344 g/mol. The van der Waals surface area contributed by atoms with Gasteiger partial charge in [-0.3, -0.25) is 9.10 Å². The molecule has 0 N–H and O–H groups in total. The number of nitrogens with zero attached hydrogens (tertiary/aromatic N) is 2. The molecule has 0 atom stereocenters. The van der Waals surface area contributed by atoms with E-state index in [1.807, 2.05) is 0 Å². The van der Waals surface area contributed by atoms with Gasteiger partial charge >= 0.3 is 0 Å². The number of benzene rings is 2. The number of likely N-dealkylation sites (tertiary alicyclic amines) is 1. The van der Waals surface area contributed by atoms with E-state index < -0.39 is 10.0 Å². The first kappa shape index (κ1) is 16.5. The molecule has 1 aliphatic rings. The molecule has 2 aromatic carbocycles. The lowest BCUT2D eigenvalue weighted by molar-refractivity contribution is 0.0793. The molecule has 24 heavy (non-hydrogen) atoms. The predicted octanol–water partition coefficient (Wildman–Crippen LogP) is 2.75. The molecule has 1 heterocycles. The van der Waals surface area contributed by atoms with Crippen LogP contribution in [-0.2, 0) is 10.0 Å². The maximum Gasteiger partial charge on any atom is 0.264 e. The molecule has 0 radical (unpaired) electrons. The number of amides is 1. The van der Waals surface area contributed by atoms with Gasteiger partial charge in [-0.15, -0.1) is 0 Å². The summed E-state index contributed by atoms with van der Waals surface area (Å²) in [5.41, 5.74) is 0.819. The van der Waals surface area contributed by atoms with Crippen LogP contribution in [0.1, 0.15) is 23.2 Å². The van der Waals surface area contributed by atoms with E-state index in [0.717, 1.165) is 25.9 Å². The average Bonchev–Trinajstić information content (AvgIpc) is 3.16. The number of para-hydroxylation sites is 1. The number of hydrogen-bond acceptors (Lipinski definition) is 3. The number of sulfonamides is 1. The molecule has 1 fully saturated rings. The molecule has 1 aliphatic heterocycles. The molecule has 0 unspecified atom stereocenters. The molecule has 1 saturated heterocycles. The molecule has 6 heteroatoms. The Bertz CT molecular complexity index is 828. The number of carbonyl (C=O) groups excluding carboxylic acids is 1. The Labute approximate surface area is 142 Å². The third kappa shape index (κ3) is 3.01. The molecule has 0 spiro atoms. The molecule has 0 bridgehead atoms. The number of carbonyl (C=O) groups is 1. The predicted molar refractivity (Wildman–Crippen MR) is 93.6 cm³/mol. The first-order chi connectivity index (χ1) is 11.5. The van der Waals surface area contributed by atoms with Crippen molar-refractivity contribution in [3.63, 3.8) is 0 Å². The summed E-state index contributed by atoms with van der Waals surface area (Å²) < 4.78 is 26.8. The smallest absolute Gasteiger partial charge is 0.264 e. The highest BCUT2D eigenvalue weighted by molar-refractivity contribution is 7.92. The van der Waals surface area contributed by atoms with Gasteiger partial charge in [-0.2, -0.15) is 0 Å². The van der Waals surface area contributed by atoms with Gasteiger partial charge in [0.15, 0.2) is 0 Å². The quantitative estimate of drug-likeness (QED) is 0.857. The van der Waals surface area contributed by atoms with Gasteiger partial charge in [0.25, 0.3) is 15.9 Å². The first-order valence-electron chi connectivity index (χ1n) is 7.94. The largest absolute Gasteiger partial charge is 0.339 e. The third-order valence-corrected chi connectivity index (χ3v) is 6.05. The topological polar surface area (TPSA) is 57.7 Å². The summed E-state index contributed by atoms with van der Waals surface area (Å²) in [5.74, 6) is -0.113. The summed E-state index contributed by atoms with van der Waals surface area (Å²) >= 11 is 0. The third-order valence-electron chi connectivity index (χ3n) is 4.27. The van der Waals surface area contributed by atoms with E-state index in [4.69, 9.17) is 0 Å². The van der Waals surface area contributed by atoms with Crippen LogP contribution in [-0.4, -0.2) is 39.4 Å². The van der Waals surface area contributed by atoms with Crippen LogP contribution in [0, 0.1) is 0 Å². The molecule has 1 amide bonds. The van der Waals surface area contributed by atoms with Crippen molar-refractivity contribution >= 4 is 21.6 Å². The Morgan fingerprint density at radius 1 is 0.958 bits per heavy atom. The molecule has 126 valence electrons. The molecular formula is C18H20N2O3S. The van der Waals surface area contributed by atoms with E-state index in [2.05, 4.69) is 0 Å². The van der Waals surface area contributed by atoms with E-state index in [1.54, 1.807) is 59.5 Å². The van der Waals surface area contributed by atoms with Gasteiger partial charge in [0.2, 0.25) is 0 Å². The summed E-state index contributed by atoms with van der Waals surface area (Å²) in [7, 11) is -2.22. The maximum atomic E-state index is 12.8.